The second kappa shape index (κ2) is 6.16. The lowest BCUT2D eigenvalue weighted by Gasteiger charge is -2.57. The number of rotatable bonds is 4. The summed E-state index contributed by atoms with van der Waals surface area (Å²) in [6.45, 7) is 4.56. The molecule has 0 unspecified atom stereocenters. The van der Waals surface area contributed by atoms with E-state index in [9.17, 15) is 0 Å². The highest BCUT2D eigenvalue weighted by Crippen LogP contribution is 2.61. The van der Waals surface area contributed by atoms with Gasteiger partial charge < -0.3 is 11.5 Å². The minimum Gasteiger partial charge on any atom is -0.368 e. The topological polar surface area (TPSA) is 89.2 Å². The molecule has 0 amide bonds. The lowest BCUT2D eigenvalue weighted by molar-refractivity contribution is -0.171. The maximum absolute atomic E-state index is 6.01. The number of nitrogens with zero attached hydrogens (tertiary/aromatic N) is 3. The number of guanidine groups is 2. The van der Waals surface area contributed by atoms with Crippen molar-refractivity contribution < 1.29 is 4.84 Å². The average molecular weight is 400 g/mol. The van der Waals surface area contributed by atoms with Crippen molar-refractivity contribution in [2.24, 2.45) is 44.6 Å². The van der Waals surface area contributed by atoms with Gasteiger partial charge in [-0.05, 0) is 82.0 Å². The van der Waals surface area contributed by atoms with Crippen LogP contribution < -0.4 is 11.5 Å². The van der Waals surface area contributed by atoms with Gasteiger partial charge in [0.1, 0.15) is 0 Å². The van der Waals surface area contributed by atoms with E-state index in [1.165, 1.54) is 38.5 Å². The standard InChI is InChI=1S/C17H29N5O.BrH/c1-16(2)21-14(18)20-15(19)22(16)23-4-3-17-8-11-5-12(9-17)7-13(6-11)10-17;/h11-13H,3-10H2,1-2H3,(H4,18,19,20,21);1H. The molecule has 0 atom stereocenters. The molecule has 0 spiro atoms. The lowest BCUT2D eigenvalue weighted by atomic mass is 9.49. The van der Waals surface area contributed by atoms with Gasteiger partial charge in [-0.15, -0.1) is 17.0 Å². The van der Waals surface area contributed by atoms with E-state index in [0.717, 1.165) is 24.2 Å². The molecule has 4 aliphatic carbocycles. The van der Waals surface area contributed by atoms with E-state index in [0.29, 0.717) is 18.0 Å². The van der Waals surface area contributed by atoms with E-state index < -0.39 is 5.66 Å². The second-order valence-corrected chi connectivity index (χ2v) is 8.73. The third-order valence-electron chi connectivity index (χ3n) is 6.34. The first-order chi connectivity index (χ1) is 10.9. The van der Waals surface area contributed by atoms with Crippen LogP contribution in [-0.2, 0) is 4.84 Å². The third kappa shape index (κ3) is 3.17. The summed E-state index contributed by atoms with van der Waals surface area (Å²) in [6.07, 6.45) is 9.77. The fourth-order valence-electron chi connectivity index (χ4n) is 5.97. The molecule has 0 saturated heterocycles. The van der Waals surface area contributed by atoms with Crippen LogP contribution in [0.3, 0.4) is 0 Å². The average Bonchev–Trinajstić information content (AvgIpc) is 2.39. The Hall–Kier alpha value is -0.820. The normalized spacial score (nSPS) is 39.2. The van der Waals surface area contributed by atoms with Gasteiger partial charge in [0.15, 0.2) is 5.66 Å². The fraction of sp³-hybridized carbons (Fsp3) is 0.882. The predicted octanol–water partition coefficient (Wildman–Crippen LogP) is 2.78. The first-order valence-corrected chi connectivity index (χ1v) is 8.98. The Kier molecular flexibility index (Phi) is 4.62. The van der Waals surface area contributed by atoms with Crippen molar-refractivity contribution in [3.8, 4) is 0 Å². The first kappa shape index (κ1) is 18.0. The summed E-state index contributed by atoms with van der Waals surface area (Å²) in [7, 11) is 0. The van der Waals surface area contributed by atoms with Gasteiger partial charge in [0, 0.05) is 0 Å². The summed E-state index contributed by atoms with van der Waals surface area (Å²) in [4.78, 5) is 14.4. The van der Waals surface area contributed by atoms with Gasteiger partial charge in [0.2, 0.25) is 11.9 Å². The molecule has 7 heteroatoms. The molecule has 1 heterocycles. The number of hydrogen-bond donors (Lipinski definition) is 2. The Bertz CT molecular complexity index is 524. The zero-order valence-corrected chi connectivity index (χ0v) is 16.4. The van der Waals surface area contributed by atoms with Crippen LogP contribution in [0.25, 0.3) is 0 Å². The highest BCUT2D eigenvalue weighted by Gasteiger charge is 2.50. The maximum atomic E-state index is 6.01. The molecular weight excluding hydrogens is 370 g/mol. The third-order valence-corrected chi connectivity index (χ3v) is 6.34. The minimum atomic E-state index is -0.600. The van der Waals surface area contributed by atoms with E-state index in [1.54, 1.807) is 5.06 Å². The Morgan fingerprint density at radius 2 is 1.62 bits per heavy atom. The van der Waals surface area contributed by atoms with E-state index in [2.05, 4.69) is 9.98 Å². The van der Waals surface area contributed by atoms with Crippen LogP contribution in [0.1, 0.15) is 58.8 Å². The summed E-state index contributed by atoms with van der Waals surface area (Å²) >= 11 is 0. The summed E-state index contributed by atoms with van der Waals surface area (Å²) < 4.78 is 0. The molecule has 0 aromatic rings. The smallest absolute Gasteiger partial charge is 0.226 e. The lowest BCUT2D eigenvalue weighted by Crippen LogP contribution is -2.54. The molecule has 136 valence electrons. The minimum absolute atomic E-state index is 0. The van der Waals surface area contributed by atoms with E-state index in [1.807, 2.05) is 13.8 Å². The van der Waals surface area contributed by atoms with Gasteiger partial charge >= 0.3 is 0 Å². The SMILES string of the molecule is Br.CC1(C)N=C(N)N=C(N)N1OCCC12CC3CC(CC(C3)C1)C2. The second-order valence-electron chi connectivity index (χ2n) is 8.73. The Morgan fingerprint density at radius 3 is 2.12 bits per heavy atom. The van der Waals surface area contributed by atoms with Gasteiger partial charge in [-0.2, -0.15) is 10.1 Å². The van der Waals surface area contributed by atoms with Crippen LogP contribution in [0.15, 0.2) is 9.98 Å². The first-order valence-electron chi connectivity index (χ1n) is 8.98. The van der Waals surface area contributed by atoms with Crippen LogP contribution >= 0.6 is 17.0 Å². The molecule has 5 rings (SSSR count). The van der Waals surface area contributed by atoms with Crippen molar-refractivity contribution in [1.82, 2.24) is 5.06 Å². The highest BCUT2D eigenvalue weighted by molar-refractivity contribution is 8.93. The van der Waals surface area contributed by atoms with Crippen molar-refractivity contribution in [1.29, 1.82) is 0 Å². The molecule has 0 aromatic heterocycles. The van der Waals surface area contributed by atoms with Crippen LogP contribution in [0, 0.1) is 23.2 Å². The summed E-state index contributed by atoms with van der Waals surface area (Å²) in [6, 6.07) is 0. The summed E-state index contributed by atoms with van der Waals surface area (Å²) in [5.41, 5.74) is 11.6. The van der Waals surface area contributed by atoms with Crippen LogP contribution in [-0.4, -0.2) is 29.3 Å². The number of nitrogens with two attached hydrogens (primary N) is 2. The van der Waals surface area contributed by atoms with Crippen LogP contribution in [0.5, 0.6) is 0 Å². The predicted molar refractivity (Wildman–Crippen MR) is 101 cm³/mol. The highest BCUT2D eigenvalue weighted by atomic mass is 79.9. The van der Waals surface area contributed by atoms with Gasteiger partial charge in [-0.3, -0.25) is 4.84 Å². The largest absolute Gasteiger partial charge is 0.368 e. The number of halogens is 1. The molecule has 6 nitrogen and oxygen atoms in total. The molecule has 4 saturated carbocycles. The van der Waals surface area contributed by atoms with E-state index in [-0.39, 0.29) is 22.9 Å². The van der Waals surface area contributed by atoms with Crippen LogP contribution in [0.4, 0.5) is 0 Å². The number of aliphatic imine (C=N–C) groups is 2. The van der Waals surface area contributed by atoms with E-state index in [4.69, 9.17) is 16.3 Å². The van der Waals surface area contributed by atoms with Crippen LogP contribution in [0.2, 0.25) is 0 Å². The number of hydrogen-bond acceptors (Lipinski definition) is 6. The number of hydroxylamine groups is 2. The van der Waals surface area contributed by atoms with Crippen molar-refractivity contribution >= 4 is 28.9 Å². The van der Waals surface area contributed by atoms with Crippen molar-refractivity contribution in [3.05, 3.63) is 0 Å². The van der Waals surface area contributed by atoms with Gasteiger partial charge in [-0.25, -0.2) is 4.99 Å². The van der Waals surface area contributed by atoms with Gasteiger partial charge in [0.25, 0.3) is 0 Å². The molecule has 4 N–H and O–H groups in total. The molecular formula is C17H30BrN5O. The Balaban J connectivity index is 0.00000169. The molecule has 4 fully saturated rings. The Morgan fingerprint density at radius 1 is 1.08 bits per heavy atom. The zero-order chi connectivity index (χ0) is 16.2. The fourth-order valence-corrected chi connectivity index (χ4v) is 5.97. The molecule has 5 aliphatic rings. The zero-order valence-electron chi connectivity index (χ0n) is 14.7. The quantitative estimate of drug-likeness (QED) is 0.760. The van der Waals surface area contributed by atoms with Crippen molar-refractivity contribution in [2.75, 3.05) is 6.61 Å². The van der Waals surface area contributed by atoms with Gasteiger partial charge in [0.05, 0.1) is 6.61 Å². The molecule has 0 aromatic carbocycles. The molecule has 4 bridgehead atoms. The van der Waals surface area contributed by atoms with Gasteiger partial charge in [-0.1, -0.05) is 0 Å². The summed E-state index contributed by atoms with van der Waals surface area (Å²) in [5, 5.41) is 1.61. The Labute approximate surface area is 154 Å². The van der Waals surface area contributed by atoms with E-state index >= 15 is 0 Å². The van der Waals surface area contributed by atoms with Crippen molar-refractivity contribution in [2.45, 2.75) is 64.5 Å². The summed E-state index contributed by atoms with van der Waals surface area (Å²) in [5.74, 6) is 3.44. The molecule has 1 aliphatic heterocycles. The van der Waals surface area contributed by atoms with Crippen molar-refractivity contribution in [3.63, 3.8) is 0 Å². The maximum Gasteiger partial charge on any atom is 0.226 e. The molecule has 0 radical (unpaired) electrons. The monoisotopic (exact) mass is 399 g/mol. The molecule has 24 heavy (non-hydrogen) atoms.